The number of imide groups is 1. The summed E-state index contributed by atoms with van der Waals surface area (Å²) in [7, 11) is 3.40. The average molecular weight is 685 g/mol. The number of aliphatic imine (C=N–C) groups is 1. The fraction of sp³-hybridized carbons (Fsp3) is 0.486. The number of amides is 3. The van der Waals surface area contributed by atoms with Crippen LogP contribution in [0.4, 0.5) is 0 Å². The summed E-state index contributed by atoms with van der Waals surface area (Å²) in [5.74, 6) is 1.61. The van der Waals surface area contributed by atoms with E-state index in [4.69, 9.17) is 4.52 Å². The smallest absolute Gasteiger partial charge is 0.329 e. The van der Waals surface area contributed by atoms with Crippen LogP contribution in [0.3, 0.4) is 0 Å². The van der Waals surface area contributed by atoms with Crippen molar-refractivity contribution in [3.05, 3.63) is 62.9 Å². The van der Waals surface area contributed by atoms with Crippen molar-refractivity contribution >= 4 is 55.6 Å². The number of nitrogens with zero attached hydrogens (tertiary/aromatic N) is 5. The molecule has 0 spiro atoms. The predicted molar refractivity (Wildman–Crippen MR) is 198 cm³/mol. The summed E-state index contributed by atoms with van der Waals surface area (Å²) in [5.41, 5.74) is 3.97. The Balaban J connectivity index is 0.000000435. The van der Waals surface area contributed by atoms with Crippen LogP contribution >= 0.6 is 8.81 Å². The Bertz CT molecular complexity index is 1770. The minimum Gasteiger partial charge on any atom is -0.469 e. The van der Waals surface area contributed by atoms with E-state index in [1.165, 1.54) is 10.5 Å². The van der Waals surface area contributed by atoms with Crippen LogP contribution in [0.2, 0.25) is 0 Å². The minimum atomic E-state index is -0.682. The third-order valence-electron chi connectivity index (χ3n) is 7.52. The third kappa shape index (κ3) is 9.62. The number of benzene rings is 2. The van der Waals surface area contributed by atoms with Gasteiger partial charge < -0.3 is 4.52 Å². The van der Waals surface area contributed by atoms with E-state index in [9.17, 15) is 24.0 Å². The summed E-state index contributed by atoms with van der Waals surface area (Å²) in [6.45, 7) is 16.1. The first-order chi connectivity index (χ1) is 23.2. The fourth-order valence-electron chi connectivity index (χ4n) is 5.48. The van der Waals surface area contributed by atoms with Gasteiger partial charge >= 0.3 is 11.4 Å². The van der Waals surface area contributed by atoms with Gasteiger partial charge in [0.2, 0.25) is 18.7 Å². The minimum absolute atomic E-state index is 0.0445. The topological polar surface area (TPSA) is 139 Å². The van der Waals surface area contributed by atoms with Crippen LogP contribution in [0.1, 0.15) is 98.7 Å². The number of aryl methyl sites for hydroxylation is 3. The molecule has 2 aromatic carbocycles. The lowest BCUT2D eigenvalue weighted by Gasteiger charge is -2.16. The van der Waals surface area contributed by atoms with Crippen molar-refractivity contribution in [3.8, 4) is 5.75 Å². The third-order valence-corrected chi connectivity index (χ3v) is 8.11. The van der Waals surface area contributed by atoms with Gasteiger partial charge in [-0.3, -0.25) is 38.0 Å². The molecule has 48 heavy (non-hydrogen) atoms. The molecule has 0 aliphatic heterocycles. The Morgan fingerprint density at radius 3 is 2.06 bits per heavy atom. The van der Waals surface area contributed by atoms with Gasteiger partial charge in [0.25, 0.3) is 0 Å². The molecular weight excluding hydrogens is 631 g/mol. The Labute approximate surface area is 285 Å². The van der Waals surface area contributed by atoms with Crippen molar-refractivity contribution in [2.75, 3.05) is 0 Å². The van der Waals surface area contributed by atoms with Crippen LogP contribution in [0.25, 0.3) is 22.1 Å². The van der Waals surface area contributed by atoms with Crippen molar-refractivity contribution < 1.29 is 18.9 Å². The molecule has 0 saturated carbocycles. The number of para-hydroxylation sites is 2. The summed E-state index contributed by atoms with van der Waals surface area (Å²) in [6, 6.07) is 10.7. The maximum absolute atomic E-state index is 12.6. The maximum Gasteiger partial charge on any atom is 0.329 e. The van der Waals surface area contributed by atoms with Gasteiger partial charge in [0.15, 0.2) is 0 Å². The maximum atomic E-state index is 12.6. The van der Waals surface area contributed by atoms with Gasteiger partial charge in [-0.2, -0.15) is 0 Å². The van der Waals surface area contributed by atoms with E-state index in [1.54, 1.807) is 27.8 Å². The van der Waals surface area contributed by atoms with E-state index in [1.807, 2.05) is 84.9 Å². The number of rotatable bonds is 13. The first-order valence-electron chi connectivity index (χ1n) is 16.7. The van der Waals surface area contributed by atoms with Crippen LogP contribution < -0.4 is 21.2 Å². The molecule has 1 N–H and O–H groups in total. The predicted octanol–water partition coefficient (Wildman–Crippen LogP) is 6.43. The SMILES string of the molecule is CC.CC.CCCC(C(=O)NC=O)n1c(=O)n(C)c2c(CC)cccc21.CCCC(C)n1c(=O)n(C)c2cccc(OPC=NC=O)c21. The highest BCUT2D eigenvalue weighted by Gasteiger charge is 2.25. The number of hydrogen-bond acceptors (Lipinski definition) is 6. The molecule has 0 radical (unpaired) electrons. The first-order valence-corrected chi connectivity index (χ1v) is 17.7. The summed E-state index contributed by atoms with van der Waals surface area (Å²) >= 11 is 0. The highest BCUT2D eigenvalue weighted by atomic mass is 31.1. The Kier molecular flexibility index (Phi) is 18.7. The molecule has 4 rings (SSSR count). The van der Waals surface area contributed by atoms with E-state index in [-0.39, 0.29) is 26.2 Å². The molecule has 3 atom stereocenters. The number of carbonyl (C=O) groups excluding carboxylic acids is 3. The number of hydrogen-bond donors (Lipinski definition) is 1. The fourth-order valence-corrected chi connectivity index (χ4v) is 5.95. The average Bonchev–Trinajstić information content (AvgIpc) is 3.52. The number of carbonyl (C=O) groups is 3. The highest BCUT2D eigenvalue weighted by molar-refractivity contribution is 7.51. The number of aromatic nitrogens is 4. The van der Waals surface area contributed by atoms with Crippen molar-refractivity contribution in [2.45, 2.75) is 99.6 Å². The Hall–Kier alpha value is -4.31. The molecular formula is C35H53N6O6P. The van der Waals surface area contributed by atoms with Gasteiger partial charge in [-0.25, -0.2) is 14.6 Å². The molecule has 3 unspecified atom stereocenters. The van der Waals surface area contributed by atoms with Crippen LogP contribution in [-0.4, -0.2) is 43.0 Å². The zero-order valence-corrected chi connectivity index (χ0v) is 31.1. The van der Waals surface area contributed by atoms with Gasteiger partial charge in [0, 0.05) is 20.1 Å². The quantitative estimate of drug-likeness (QED) is 0.0979. The van der Waals surface area contributed by atoms with Crippen molar-refractivity contribution in [3.63, 3.8) is 0 Å². The standard InChI is InChI=1S/C16H21N3O3.C15H20N3O3P.2C2H6/c1-4-7-13(15(21)17-10-20)19-12-9-6-8-11(5-2)14(12)18(3)16(19)22;1-4-6-11(2)18-14-12(17(3)15(18)20)7-5-8-13(14)21-22-10-16-9-19;2*1-2/h6,8-10,13H,4-5,7H2,1-3H3,(H,17,20,21);5,7-11,22H,4,6H2,1-3H3;2*1-2H3. The monoisotopic (exact) mass is 684 g/mol. The van der Waals surface area contributed by atoms with E-state index in [0.29, 0.717) is 25.0 Å². The lowest BCUT2D eigenvalue weighted by Crippen LogP contribution is -2.36. The molecule has 2 aromatic heterocycles. The molecule has 2 heterocycles. The molecule has 0 aliphatic rings. The van der Waals surface area contributed by atoms with Crippen LogP contribution in [0.15, 0.2) is 51.0 Å². The summed E-state index contributed by atoms with van der Waals surface area (Å²) in [4.78, 5) is 61.6. The zero-order valence-electron chi connectivity index (χ0n) is 30.1. The second-order valence-electron chi connectivity index (χ2n) is 10.4. The summed E-state index contributed by atoms with van der Waals surface area (Å²) < 4.78 is 12.2. The van der Waals surface area contributed by atoms with Gasteiger partial charge in [0.1, 0.15) is 26.1 Å². The molecule has 0 aliphatic carbocycles. The van der Waals surface area contributed by atoms with Crippen molar-refractivity contribution in [1.82, 2.24) is 23.6 Å². The molecule has 4 aromatic rings. The van der Waals surface area contributed by atoms with Crippen molar-refractivity contribution in [2.24, 2.45) is 19.1 Å². The van der Waals surface area contributed by atoms with Gasteiger partial charge in [-0.15, -0.1) is 0 Å². The lowest BCUT2D eigenvalue weighted by atomic mass is 10.1. The molecule has 3 amide bonds. The number of nitrogens with one attached hydrogen (secondary N) is 1. The molecule has 264 valence electrons. The van der Waals surface area contributed by atoms with Crippen LogP contribution in [-0.2, 0) is 34.9 Å². The van der Waals surface area contributed by atoms with Gasteiger partial charge in [-0.1, -0.05) is 79.5 Å². The Morgan fingerprint density at radius 2 is 1.48 bits per heavy atom. The number of imidazole rings is 2. The van der Waals surface area contributed by atoms with E-state index in [2.05, 4.69) is 17.2 Å². The van der Waals surface area contributed by atoms with E-state index < -0.39 is 11.9 Å². The van der Waals surface area contributed by atoms with Crippen LogP contribution in [0.5, 0.6) is 5.75 Å². The summed E-state index contributed by atoms with van der Waals surface area (Å²) in [5, 5.41) is 2.17. The first kappa shape index (κ1) is 41.7. The molecule has 12 nitrogen and oxygen atoms in total. The second kappa shape index (κ2) is 21.5. The second-order valence-corrected chi connectivity index (χ2v) is 11.1. The molecule has 13 heteroatoms. The molecule has 0 bridgehead atoms. The van der Waals surface area contributed by atoms with E-state index >= 15 is 0 Å². The van der Waals surface area contributed by atoms with Crippen molar-refractivity contribution in [1.29, 1.82) is 0 Å². The molecule has 0 fully saturated rings. The van der Waals surface area contributed by atoms with Gasteiger partial charge in [-0.05, 0) is 49.9 Å². The van der Waals surface area contributed by atoms with Crippen LogP contribution in [0, 0.1) is 0 Å². The molecule has 0 saturated heterocycles. The highest BCUT2D eigenvalue weighted by Crippen LogP contribution is 2.31. The largest absolute Gasteiger partial charge is 0.469 e. The summed E-state index contributed by atoms with van der Waals surface area (Å²) in [6.07, 6.45) is 4.77. The van der Waals surface area contributed by atoms with E-state index in [0.717, 1.165) is 53.3 Å². The lowest BCUT2D eigenvalue weighted by molar-refractivity contribution is -0.128. The zero-order chi connectivity index (χ0) is 36.4. The Morgan fingerprint density at radius 1 is 0.875 bits per heavy atom. The van der Waals surface area contributed by atoms with Gasteiger partial charge in [0.05, 0.1) is 22.5 Å². The number of fused-ring (bicyclic) bond motifs is 2. The normalized spacial score (nSPS) is 12.0.